The maximum absolute atomic E-state index is 13.2. The second kappa shape index (κ2) is 3.83. The zero-order valence-corrected chi connectivity index (χ0v) is 8.04. The smallest absolute Gasteiger partial charge is 0.153 e. The Morgan fingerprint density at radius 2 is 2.00 bits per heavy atom. The number of anilines is 1. The van der Waals surface area contributed by atoms with Crippen molar-refractivity contribution in [3.63, 3.8) is 0 Å². The molecular weight excluding hydrogens is 196 g/mol. The van der Waals surface area contributed by atoms with Gasteiger partial charge in [0.05, 0.1) is 5.69 Å². The number of rotatable bonds is 2. The van der Waals surface area contributed by atoms with Crippen molar-refractivity contribution in [1.29, 1.82) is 0 Å². The first-order chi connectivity index (χ1) is 6.02. The van der Waals surface area contributed by atoms with Gasteiger partial charge in [0.15, 0.2) is 5.82 Å². The van der Waals surface area contributed by atoms with Crippen LogP contribution in [0, 0.1) is 18.6 Å². The lowest BCUT2D eigenvalue weighted by Crippen LogP contribution is -2.04. The van der Waals surface area contributed by atoms with Gasteiger partial charge in [0, 0.05) is 11.8 Å². The summed E-state index contributed by atoms with van der Waals surface area (Å²) in [5.74, 6) is -1.31. The molecule has 0 radical (unpaired) electrons. The van der Waals surface area contributed by atoms with Crippen LogP contribution >= 0.6 is 0 Å². The van der Waals surface area contributed by atoms with E-state index in [9.17, 15) is 13.0 Å². The summed E-state index contributed by atoms with van der Waals surface area (Å²) in [6, 6.07) is 2.35. The number of nitrogens with one attached hydrogen (secondary N) is 1. The van der Waals surface area contributed by atoms with Crippen molar-refractivity contribution in [2.24, 2.45) is 0 Å². The molecule has 0 spiro atoms. The molecule has 0 aliphatic heterocycles. The Morgan fingerprint density at radius 3 is 2.54 bits per heavy atom. The Hall–Kier alpha value is -0.970. The van der Waals surface area contributed by atoms with Gasteiger partial charge in [-0.2, -0.15) is 0 Å². The third-order valence-corrected chi connectivity index (χ3v) is 2.08. The average Bonchev–Trinajstić information content (AvgIpc) is 2.06. The van der Waals surface area contributed by atoms with Crippen molar-refractivity contribution in [1.82, 2.24) is 0 Å². The third kappa shape index (κ3) is 2.24. The average molecular weight is 205 g/mol. The fourth-order valence-electron chi connectivity index (χ4n) is 0.895. The summed E-state index contributed by atoms with van der Waals surface area (Å²) in [6.07, 6.45) is 1.37. The summed E-state index contributed by atoms with van der Waals surface area (Å²) in [7, 11) is -1.35. The van der Waals surface area contributed by atoms with Gasteiger partial charge in [0.25, 0.3) is 0 Å². The molecule has 0 heterocycles. The van der Waals surface area contributed by atoms with E-state index in [1.54, 1.807) is 0 Å². The maximum atomic E-state index is 13.2. The van der Waals surface area contributed by atoms with Crippen LogP contribution in [-0.4, -0.2) is 10.5 Å². The Labute approximate surface area is 77.6 Å². The quantitative estimate of drug-likeness (QED) is 0.785. The van der Waals surface area contributed by atoms with Gasteiger partial charge in [-0.1, -0.05) is 0 Å². The van der Waals surface area contributed by atoms with Gasteiger partial charge in [-0.15, -0.1) is 0 Å². The van der Waals surface area contributed by atoms with Crippen LogP contribution in [0.4, 0.5) is 14.5 Å². The van der Waals surface area contributed by atoms with E-state index in [0.29, 0.717) is 0 Å². The van der Waals surface area contributed by atoms with E-state index in [1.165, 1.54) is 19.2 Å². The molecule has 1 unspecified atom stereocenters. The largest absolute Gasteiger partial charge is 0.303 e. The lowest BCUT2D eigenvalue weighted by Gasteiger charge is -2.06. The molecule has 1 aromatic rings. The van der Waals surface area contributed by atoms with Crippen molar-refractivity contribution in [2.45, 2.75) is 6.92 Å². The number of halogens is 2. The molecule has 1 rings (SSSR count). The summed E-state index contributed by atoms with van der Waals surface area (Å²) >= 11 is 0. The molecule has 0 fully saturated rings. The molecule has 72 valence electrons. The fourth-order valence-corrected chi connectivity index (χ4v) is 1.36. The van der Waals surface area contributed by atoms with Crippen LogP contribution in [0.2, 0.25) is 0 Å². The van der Waals surface area contributed by atoms with Gasteiger partial charge in [0.1, 0.15) is 16.8 Å². The first kappa shape index (κ1) is 10.1. The van der Waals surface area contributed by atoms with E-state index in [4.69, 9.17) is 0 Å². The van der Waals surface area contributed by atoms with Crippen molar-refractivity contribution >= 4 is 16.7 Å². The summed E-state index contributed by atoms with van der Waals surface area (Å²) in [4.78, 5) is 0. The molecule has 0 saturated carbocycles. The SMILES string of the molecule is Cc1c(F)ccc(NS(C)=O)c1F. The molecular formula is C8H9F2NOS. The lowest BCUT2D eigenvalue weighted by molar-refractivity contribution is 0.571. The van der Waals surface area contributed by atoms with Crippen molar-refractivity contribution in [2.75, 3.05) is 11.0 Å². The van der Waals surface area contributed by atoms with Crippen LogP contribution in [0.5, 0.6) is 0 Å². The summed E-state index contributed by atoms with van der Waals surface area (Å²) in [6.45, 7) is 1.33. The van der Waals surface area contributed by atoms with Crippen LogP contribution in [0.1, 0.15) is 5.56 Å². The molecule has 0 amide bonds. The van der Waals surface area contributed by atoms with Gasteiger partial charge in [-0.05, 0) is 19.1 Å². The first-order valence-electron chi connectivity index (χ1n) is 3.57. The molecule has 0 bridgehead atoms. The summed E-state index contributed by atoms with van der Waals surface area (Å²) in [5, 5.41) is 0. The number of hydrogen-bond donors (Lipinski definition) is 1. The van der Waals surface area contributed by atoms with Crippen molar-refractivity contribution in [3.05, 3.63) is 29.3 Å². The van der Waals surface area contributed by atoms with E-state index in [0.717, 1.165) is 6.07 Å². The van der Waals surface area contributed by atoms with Gasteiger partial charge in [0.2, 0.25) is 0 Å². The zero-order valence-electron chi connectivity index (χ0n) is 7.23. The standard InChI is InChI=1S/C8H9F2NOS/c1-5-6(9)3-4-7(8(5)10)11-13(2)12/h3-4,11H,1-2H3. The Balaban J connectivity index is 3.10. The molecule has 2 nitrogen and oxygen atoms in total. The van der Waals surface area contributed by atoms with E-state index in [1.807, 2.05) is 0 Å². The molecule has 5 heteroatoms. The lowest BCUT2D eigenvalue weighted by atomic mass is 10.2. The second-order valence-corrected chi connectivity index (χ2v) is 3.70. The molecule has 0 saturated heterocycles. The monoisotopic (exact) mass is 205 g/mol. The molecule has 0 aliphatic rings. The van der Waals surface area contributed by atoms with E-state index >= 15 is 0 Å². The second-order valence-electron chi connectivity index (χ2n) is 2.59. The molecule has 0 aliphatic carbocycles. The van der Waals surface area contributed by atoms with Gasteiger partial charge >= 0.3 is 0 Å². The van der Waals surface area contributed by atoms with Gasteiger partial charge < -0.3 is 4.72 Å². The highest BCUT2D eigenvalue weighted by molar-refractivity contribution is 7.85. The molecule has 1 atom stereocenters. The highest BCUT2D eigenvalue weighted by Gasteiger charge is 2.09. The van der Waals surface area contributed by atoms with Gasteiger partial charge in [-0.25, -0.2) is 13.0 Å². The molecule has 0 aromatic heterocycles. The highest BCUT2D eigenvalue weighted by Crippen LogP contribution is 2.20. The first-order valence-corrected chi connectivity index (χ1v) is 5.13. The van der Waals surface area contributed by atoms with Crippen LogP contribution < -0.4 is 4.72 Å². The number of hydrogen-bond acceptors (Lipinski definition) is 1. The Morgan fingerprint density at radius 1 is 1.38 bits per heavy atom. The third-order valence-electron chi connectivity index (χ3n) is 1.57. The molecule has 1 N–H and O–H groups in total. The zero-order chi connectivity index (χ0) is 10.0. The fraction of sp³-hybridized carbons (Fsp3) is 0.250. The predicted octanol–water partition coefficient (Wildman–Crippen LogP) is 1.98. The van der Waals surface area contributed by atoms with E-state index in [2.05, 4.69) is 4.72 Å². The van der Waals surface area contributed by atoms with Crippen molar-refractivity contribution in [3.8, 4) is 0 Å². The van der Waals surface area contributed by atoms with Crippen LogP contribution in [0.25, 0.3) is 0 Å². The summed E-state index contributed by atoms with van der Waals surface area (Å²) < 4.78 is 39.0. The topological polar surface area (TPSA) is 29.1 Å². The highest BCUT2D eigenvalue weighted by atomic mass is 32.2. The minimum Gasteiger partial charge on any atom is -0.303 e. The maximum Gasteiger partial charge on any atom is 0.153 e. The van der Waals surface area contributed by atoms with E-state index < -0.39 is 22.6 Å². The minimum atomic E-state index is -1.35. The van der Waals surface area contributed by atoms with Crippen LogP contribution in [0.3, 0.4) is 0 Å². The molecule has 13 heavy (non-hydrogen) atoms. The van der Waals surface area contributed by atoms with Crippen molar-refractivity contribution < 1.29 is 13.0 Å². The van der Waals surface area contributed by atoms with E-state index in [-0.39, 0.29) is 11.3 Å². The molecule has 1 aromatic carbocycles. The van der Waals surface area contributed by atoms with Crippen LogP contribution in [-0.2, 0) is 11.0 Å². The minimum absolute atomic E-state index is 0.0553. The predicted molar refractivity (Wildman–Crippen MR) is 48.8 cm³/mol. The van der Waals surface area contributed by atoms with Gasteiger partial charge in [-0.3, -0.25) is 0 Å². The number of benzene rings is 1. The van der Waals surface area contributed by atoms with Crippen LogP contribution in [0.15, 0.2) is 12.1 Å². The normalized spacial score (nSPS) is 12.6. The Kier molecular flexibility index (Phi) is 2.98. The summed E-state index contributed by atoms with van der Waals surface area (Å²) in [5.41, 5.74) is -0.0183. The Bertz CT molecular complexity index is 354.